The van der Waals surface area contributed by atoms with Crippen molar-refractivity contribution in [3.8, 4) is 11.5 Å². The quantitative estimate of drug-likeness (QED) is 0.378. The van der Waals surface area contributed by atoms with E-state index in [0.717, 1.165) is 0 Å². The standard InChI is InChI=1S/C18H15N3O4S/c1-24-15-9-12(10-19-21-18-20-16(22)11-26-18)7-8-14(15)25-17(23)13-5-3-2-4-6-13/h2-10H,11H2,1H3,(H,20,21,22)/b19-10-. The lowest BCUT2D eigenvalue weighted by atomic mass is 10.2. The van der Waals surface area contributed by atoms with Crippen molar-refractivity contribution in [1.82, 2.24) is 5.32 Å². The molecule has 0 spiro atoms. The van der Waals surface area contributed by atoms with Gasteiger partial charge in [-0.25, -0.2) is 4.79 Å². The van der Waals surface area contributed by atoms with Crippen molar-refractivity contribution in [3.63, 3.8) is 0 Å². The maximum absolute atomic E-state index is 12.2. The highest BCUT2D eigenvalue weighted by atomic mass is 32.2. The van der Waals surface area contributed by atoms with Crippen LogP contribution in [0.5, 0.6) is 11.5 Å². The first-order chi connectivity index (χ1) is 12.7. The Balaban J connectivity index is 1.71. The summed E-state index contributed by atoms with van der Waals surface area (Å²) >= 11 is 1.29. The molecule has 0 atom stereocenters. The van der Waals surface area contributed by atoms with E-state index in [2.05, 4.69) is 15.5 Å². The molecular weight excluding hydrogens is 354 g/mol. The zero-order valence-electron chi connectivity index (χ0n) is 13.8. The van der Waals surface area contributed by atoms with Gasteiger partial charge in [0.15, 0.2) is 16.7 Å². The summed E-state index contributed by atoms with van der Waals surface area (Å²) in [5, 5.41) is 10.9. The van der Waals surface area contributed by atoms with E-state index in [0.29, 0.717) is 33.5 Å². The number of rotatable bonds is 5. The molecule has 0 unspecified atom stereocenters. The number of nitrogens with one attached hydrogen (secondary N) is 1. The largest absolute Gasteiger partial charge is 0.493 e. The van der Waals surface area contributed by atoms with Gasteiger partial charge in [-0.2, -0.15) is 5.10 Å². The fourth-order valence-electron chi connectivity index (χ4n) is 2.11. The molecule has 1 N–H and O–H groups in total. The molecule has 1 aliphatic rings. The molecular formula is C18H15N3O4S. The number of carbonyl (C=O) groups is 2. The Bertz CT molecular complexity index is 881. The summed E-state index contributed by atoms with van der Waals surface area (Å²) in [6.45, 7) is 0. The molecule has 0 bridgehead atoms. The van der Waals surface area contributed by atoms with Gasteiger partial charge in [0.2, 0.25) is 5.91 Å². The second-order valence-corrected chi connectivity index (χ2v) is 6.12. The van der Waals surface area contributed by atoms with Crippen molar-refractivity contribution >= 4 is 35.0 Å². The highest BCUT2D eigenvalue weighted by Gasteiger charge is 2.16. The SMILES string of the molecule is COc1cc(/C=N\N=C2NC(=O)CS2)ccc1OC(=O)c1ccccc1. The van der Waals surface area contributed by atoms with Crippen LogP contribution in [0.3, 0.4) is 0 Å². The predicted octanol–water partition coefficient (Wildman–Crippen LogP) is 2.47. The monoisotopic (exact) mass is 369 g/mol. The van der Waals surface area contributed by atoms with Gasteiger partial charge in [0.05, 0.1) is 24.6 Å². The van der Waals surface area contributed by atoms with Gasteiger partial charge in [0.1, 0.15) is 0 Å². The first-order valence-corrected chi connectivity index (χ1v) is 8.63. The van der Waals surface area contributed by atoms with Crippen LogP contribution < -0.4 is 14.8 Å². The van der Waals surface area contributed by atoms with Gasteiger partial charge < -0.3 is 14.8 Å². The minimum absolute atomic E-state index is 0.0878. The van der Waals surface area contributed by atoms with Gasteiger partial charge in [0, 0.05) is 0 Å². The van der Waals surface area contributed by atoms with Crippen molar-refractivity contribution in [2.75, 3.05) is 12.9 Å². The van der Waals surface area contributed by atoms with E-state index < -0.39 is 5.97 Å². The first-order valence-electron chi connectivity index (χ1n) is 7.64. The van der Waals surface area contributed by atoms with Crippen LogP contribution >= 0.6 is 11.8 Å². The zero-order chi connectivity index (χ0) is 18.4. The average molecular weight is 369 g/mol. The van der Waals surface area contributed by atoms with Gasteiger partial charge >= 0.3 is 5.97 Å². The molecule has 1 aliphatic heterocycles. The maximum Gasteiger partial charge on any atom is 0.343 e. The zero-order valence-corrected chi connectivity index (χ0v) is 14.7. The number of hydrogen-bond acceptors (Lipinski definition) is 7. The lowest BCUT2D eigenvalue weighted by molar-refractivity contribution is -0.116. The first kappa shape index (κ1) is 17.7. The minimum Gasteiger partial charge on any atom is -0.493 e. The molecule has 1 saturated heterocycles. The second kappa shape index (κ2) is 8.30. The van der Waals surface area contributed by atoms with Crippen molar-refractivity contribution in [2.45, 2.75) is 0 Å². The topological polar surface area (TPSA) is 89.3 Å². The van der Waals surface area contributed by atoms with Gasteiger partial charge in [0.25, 0.3) is 0 Å². The fourth-order valence-corrected chi connectivity index (χ4v) is 2.74. The van der Waals surface area contributed by atoms with E-state index in [1.165, 1.54) is 25.1 Å². The molecule has 0 saturated carbocycles. The molecule has 0 aromatic heterocycles. The summed E-state index contributed by atoms with van der Waals surface area (Å²) in [6.07, 6.45) is 1.52. The number of amidine groups is 1. The predicted molar refractivity (Wildman–Crippen MR) is 100 cm³/mol. The highest BCUT2D eigenvalue weighted by molar-refractivity contribution is 8.15. The minimum atomic E-state index is -0.467. The van der Waals surface area contributed by atoms with Crippen LogP contribution in [0.25, 0.3) is 0 Å². The van der Waals surface area contributed by atoms with Crippen molar-refractivity contribution in [1.29, 1.82) is 0 Å². The molecule has 1 amide bonds. The summed E-state index contributed by atoms with van der Waals surface area (Å²) < 4.78 is 10.7. The van der Waals surface area contributed by atoms with Crippen LogP contribution in [0.15, 0.2) is 58.7 Å². The Hall–Kier alpha value is -3.13. The Morgan fingerprint density at radius 2 is 2.00 bits per heavy atom. The van der Waals surface area contributed by atoms with Gasteiger partial charge in [-0.1, -0.05) is 30.0 Å². The van der Waals surface area contributed by atoms with Crippen molar-refractivity contribution in [3.05, 3.63) is 59.7 Å². The van der Waals surface area contributed by atoms with Crippen LogP contribution in [-0.4, -0.2) is 36.1 Å². The molecule has 7 nitrogen and oxygen atoms in total. The maximum atomic E-state index is 12.2. The fraction of sp³-hybridized carbons (Fsp3) is 0.111. The highest BCUT2D eigenvalue weighted by Crippen LogP contribution is 2.28. The molecule has 0 radical (unpaired) electrons. The third kappa shape index (κ3) is 4.48. The van der Waals surface area contributed by atoms with Crippen LogP contribution in [0.2, 0.25) is 0 Å². The van der Waals surface area contributed by atoms with Gasteiger partial charge in [-0.3, -0.25) is 4.79 Å². The van der Waals surface area contributed by atoms with E-state index in [1.54, 1.807) is 42.5 Å². The van der Waals surface area contributed by atoms with Gasteiger partial charge in [-0.05, 0) is 35.9 Å². The number of thioether (sulfide) groups is 1. The Labute approximate surface area is 154 Å². The molecule has 1 heterocycles. The third-order valence-electron chi connectivity index (χ3n) is 3.34. The number of ether oxygens (including phenoxy) is 2. The second-order valence-electron chi connectivity index (χ2n) is 5.15. The number of carbonyl (C=O) groups excluding carboxylic acids is 2. The van der Waals surface area contributed by atoms with E-state index in [4.69, 9.17) is 9.47 Å². The molecule has 0 aliphatic carbocycles. The number of benzene rings is 2. The summed E-state index contributed by atoms with van der Waals surface area (Å²) in [7, 11) is 1.49. The van der Waals surface area contributed by atoms with Crippen molar-refractivity contribution in [2.24, 2.45) is 10.2 Å². The van der Waals surface area contributed by atoms with E-state index >= 15 is 0 Å². The van der Waals surface area contributed by atoms with E-state index in [9.17, 15) is 9.59 Å². The molecule has 3 rings (SSSR count). The number of nitrogens with zero attached hydrogens (tertiary/aromatic N) is 2. The van der Waals surface area contributed by atoms with Gasteiger partial charge in [-0.15, -0.1) is 5.10 Å². The van der Waals surface area contributed by atoms with Crippen LogP contribution in [-0.2, 0) is 4.79 Å². The molecule has 8 heteroatoms. The van der Waals surface area contributed by atoms with E-state index in [1.807, 2.05) is 6.07 Å². The number of amides is 1. The Morgan fingerprint density at radius 3 is 2.69 bits per heavy atom. The summed E-state index contributed by atoms with van der Waals surface area (Å²) in [6, 6.07) is 13.7. The van der Waals surface area contributed by atoms with Crippen molar-refractivity contribution < 1.29 is 19.1 Å². The average Bonchev–Trinajstić information content (AvgIpc) is 3.08. The van der Waals surface area contributed by atoms with Crippen LogP contribution in [0, 0.1) is 0 Å². The number of esters is 1. The summed E-state index contributed by atoms with van der Waals surface area (Å²) in [5.74, 6) is 0.502. The number of methoxy groups -OCH3 is 1. The molecule has 26 heavy (non-hydrogen) atoms. The number of hydrogen-bond donors (Lipinski definition) is 1. The third-order valence-corrected chi connectivity index (χ3v) is 4.21. The lowest BCUT2D eigenvalue weighted by Crippen LogP contribution is -2.19. The Kier molecular flexibility index (Phi) is 5.65. The summed E-state index contributed by atoms with van der Waals surface area (Å²) in [5.41, 5.74) is 1.16. The summed E-state index contributed by atoms with van der Waals surface area (Å²) in [4.78, 5) is 23.2. The smallest absolute Gasteiger partial charge is 0.343 e. The normalized spacial score (nSPS) is 15.3. The Morgan fingerprint density at radius 1 is 1.19 bits per heavy atom. The molecule has 2 aromatic rings. The van der Waals surface area contributed by atoms with Crippen LogP contribution in [0.1, 0.15) is 15.9 Å². The van der Waals surface area contributed by atoms with Crippen LogP contribution in [0.4, 0.5) is 0 Å². The molecule has 132 valence electrons. The molecule has 1 fully saturated rings. The lowest BCUT2D eigenvalue weighted by Gasteiger charge is -2.09. The van der Waals surface area contributed by atoms with E-state index in [-0.39, 0.29) is 5.91 Å². The molecule has 2 aromatic carbocycles.